The fourth-order valence-corrected chi connectivity index (χ4v) is 7.48. The molecule has 14 heteroatoms. The molecule has 1 aliphatic rings. The Labute approximate surface area is 265 Å². The van der Waals surface area contributed by atoms with Crippen molar-refractivity contribution in [2.24, 2.45) is 0 Å². The fraction of sp³-hybridized carbons (Fsp3) is 0.290. The van der Waals surface area contributed by atoms with Gasteiger partial charge < -0.3 is 4.74 Å². The number of fused-ring (bicyclic) bond motifs is 1. The Morgan fingerprint density at radius 2 is 1.82 bits per heavy atom. The minimum atomic E-state index is -4.73. The second-order valence-corrected chi connectivity index (χ2v) is 17.8. The molecule has 0 radical (unpaired) electrons. The number of halogens is 5. The molecule has 3 aromatic carbocycles. The molecule has 0 saturated carbocycles. The Hall–Kier alpha value is -3.55. The molecule has 240 valence electrons. The molecule has 0 amide bonds. The van der Waals surface area contributed by atoms with Crippen molar-refractivity contribution in [2.75, 3.05) is 29.6 Å². The van der Waals surface area contributed by atoms with Gasteiger partial charge in [-0.2, -0.15) is 13.2 Å². The van der Waals surface area contributed by atoms with Gasteiger partial charge in [-0.1, -0.05) is 41.1 Å². The third-order valence-corrected chi connectivity index (χ3v) is 10.8. The van der Waals surface area contributed by atoms with E-state index in [0.29, 0.717) is 30.2 Å². The molecular weight excluding hydrogens is 652 g/mol. The van der Waals surface area contributed by atoms with E-state index >= 15 is 0 Å². The van der Waals surface area contributed by atoms with Gasteiger partial charge >= 0.3 is 6.18 Å². The third-order valence-electron chi connectivity index (χ3n) is 7.23. The van der Waals surface area contributed by atoms with E-state index in [1.807, 2.05) is 6.20 Å². The largest absolute Gasteiger partial charge is 0.486 e. The standard InChI is InChI=1S/C31H31ClF4N4O3S2/c1-20(30-25(32)9-6-10-26(30)33)15-21-11-12-28-27(16-21)40(45(41,42)24-8-5-7-22(17-24)31(34,35)36)18-23(43-28)13-14-39-19-29(37-38-39)44(2,3)4/h5-12,15-17,19,23H,13-14,18H2,1-4H3/b20-15+/t23-/m0/s1. The Morgan fingerprint density at radius 3 is 2.49 bits per heavy atom. The molecule has 2 heterocycles. The lowest BCUT2D eigenvalue weighted by atomic mass is 10.0. The van der Waals surface area contributed by atoms with Crippen LogP contribution >= 0.6 is 21.6 Å². The molecule has 1 aromatic heterocycles. The fourth-order valence-electron chi connectivity index (χ4n) is 4.90. The van der Waals surface area contributed by atoms with Crippen LogP contribution in [0.2, 0.25) is 5.02 Å². The van der Waals surface area contributed by atoms with E-state index in [0.717, 1.165) is 27.5 Å². The van der Waals surface area contributed by atoms with Crippen LogP contribution in [0.5, 0.6) is 5.75 Å². The Balaban J connectivity index is 1.52. The predicted octanol–water partition coefficient (Wildman–Crippen LogP) is 7.75. The van der Waals surface area contributed by atoms with E-state index in [2.05, 4.69) is 29.1 Å². The minimum absolute atomic E-state index is 0.143. The van der Waals surface area contributed by atoms with Crippen LogP contribution in [0.1, 0.15) is 30.0 Å². The number of nitrogens with zero attached hydrogens (tertiary/aromatic N) is 4. The van der Waals surface area contributed by atoms with Crippen LogP contribution in [-0.2, 0) is 22.7 Å². The van der Waals surface area contributed by atoms with Gasteiger partial charge in [-0.3, -0.25) is 8.99 Å². The van der Waals surface area contributed by atoms with Gasteiger partial charge in [0, 0.05) is 18.5 Å². The summed E-state index contributed by atoms with van der Waals surface area (Å²) in [5, 5.41) is 9.52. The first-order valence-corrected chi connectivity index (χ1v) is 18.4. The van der Waals surface area contributed by atoms with E-state index in [9.17, 15) is 26.0 Å². The molecule has 0 N–H and O–H groups in total. The van der Waals surface area contributed by atoms with E-state index in [-0.39, 0.29) is 28.6 Å². The van der Waals surface area contributed by atoms with Crippen molar-refractivity contribution < 1.29 is 30.7 Å². The second kappa shape index (κ2) is 12.3. The maximum absolute atomic E-state index is 14.6. The van der Waals surface area contributed by atoms with Crippen LogP contribution < -0.4 is 9.04 Å². The number of ether oxygens (including phenoxy) is 1. The molecule has 4 aromatic rings. The molecule has 1 atom stereocenters. The molecule has 0 bridgehead atoms. The lowest BCUT2D eigenvalue weighted by molar-refractivity contribution is -0.137. The predicted molar refractivity (Wildman–Crippen MR) is 170 cm³/mol. The summed E-state index contributed by atoms with van der Waals surface area (Å²) < 4.78 is 92.1. The van der Waals surface area contributed by atoms with Crippen LogP contribution in [-0.4, -0.2) is 54.8 Å². The summed E-state index contributed by atoms with van der Waals surface area (Å²) in [6.07, 6.45) is 4.75. The molecule has 45 heavy (non-hydrogen) atoms. The molecule has 0 aliphatic carbocycles. The maximum Gasteiger partial charge on any atom is 0.416 e. The molecule has 5 rings (SSSR count). The summed E-state index contributed by atoms with van der Waals surface area (Å²) in [5.41, 5.74) is 0.266. The number of anilines is 1. The zero-order valence-electron chi connectivity index (χ0n) is 24.8. The molecule has 0 unspecified atom stereocenters. The summed E-state index contributed by atoms with van der Waals surface area (Å²) >= 11 is 6.24. The number of aromatic nitrogens is 3. The highest BCUT2D eigenvalue weighted by Crippen LogP contribution is 2.43. The molecule has 0 saturated heterocycles. The minimum Gasteiger partial charge on any atom is -0.486 e. The molecule has 1 aliphatic heterocycles. The molecular formula is C31H31ClF4N4O3S2. The summed E-state index contributed by atoms with van der Waals surface area (Å²) in [4.78, 5) is -0.506. The van der Waals surface area contributed by atoms with Crippen LogP contribution in [0.25, 0.3) is 11.6 Å². The normalized spacial score (nSPS) is 16.3. The van der Waals surface area contributed by atoms with Crippen molar-refractivity contribution >= 4 is 49.0 Å². The number of alkyl halides is 3. The summed E-state index contributed by atoms with van der Waals surface area (Å²) in [6.45, 7) is 1.89. The number of hydrogen-bond acceptors (Lipinski definition) is 5. The van der Waals surface area contributed by atoms with E-state index in [1.54, 1.807) is 41.9 Å². The van der Waals surface area contributed by atoms with Crippen molar-refractivity contribution in [1.29, 1.82) is 0 Å². The van der Waals surface area contributed by atoms with Crippen LogP contribution in [0.4, 0.5) is 23.2 Å². The Kier molecular flexibility index (Phi) is 9.00. The highest BCUT2D eigenvalue weighted by atomic mass is 35.5. The topological polar surface area (TPSA) is 77.3 Å². The van der Waals surface area contributed by atoms with Crippen molar-refractivity contribution in [3.8, 4) is 5.75 Å². The van der Waals surface area contributed by atoms with Gasteiger partial charge in [0.25, 0.3) is 10.0 Å². The summed E-state index contributed by atoms with van der Waals surface area (Å²) in [7, 11) is -5.58. The van der Waals surface area contributed by atoms with Crippen LogP contribution in [0.3, 0.4) is 0 Å². The Bertz CT molecular complexity index is 1850. The number of benzene rings is 3. The maximum atomic E-state index is 14.6. The van der Waals surface area contributed by atoms with E-state index in [4.69, 9.17) is 16.3 Å². The van der Waals surface area contributed by atoms with Gasteiger partial charge in [0.2, 0.25) is 0 Å². The number of sulfonamides is 1. The first kappa shape index (κ1) is 32.8. The van der Waals surface area contributed by atoms with Crippen LogP contribution in [0.15, 0.2) is 76.8 Å². The first-order chi connectivity index (χ1) is 21.0. The highest BCUT2D eigenvalue weighted by Gasteiger charge is 2.37. The second-order valence-electron chi connectivity index (χ2n) is 11.4. The number of hydrogen-bond donors (Lipinski definition) is 0. The first-order valence-electron chi connectivity index (χ1n) is 13.8. The van der Waals surface area contributed by atoms with Crippen LogP contribution in [0, 0.1) is 5.82 Å². The van der Waals surface area contributed by atoms with E-state index < -0.39 is 48.6 Å². The van der Waals surface area contributed by atoms with Gasteiger partial charge in [-0.05, 0) is 79.3 Å². The lowest BCUT2D eigenvalue weighted by Gasteiger charge is -2.36. The van der Waals surface area contributed by atoms with Gasteiger partial charge in [-0.25, -0.2) is 22.8 Å². The number of aryl methyl sites for hydroxylation is 1. The molecule has 0 spiro atoms. The van der Waals surface area contributed by atoms with Gasteiger partial charge in [-0.15, -0.1) is 5.10 Å². The van der Waals surface area contributed by atoms with Crippen molar-refractivity contribution in [3.05, 3.63) is 94.4 Å². The summed E-state index contributed by atoms with van der Waals surface area (Å²) in [6, 6.07) is 12.8. The average molecular weight is 683 g/mol. The zero-order valence-corrected chi connectivity index (χ0v) is 27.2. The third kappa shape index (κ3) is 7.15. The van der Waals surface area contributed by atoms with Gasteiger partial charge in [0.05, 0.1) is 33.9 Å². The smallest absolute Gasteiger partial charge is 0.416 e. The van der Waals surface area contributed by atoms with E-state index in [1.165, 1.54) is 12.1 Å². The lowest BCUT2D eigenvalue weighted by Crippen LogP contribution is -2.44. The van der Waals surface area contributed by atoms with Crippen molar-refractivity contribution in [3.63, 3.8) is 0 Å². The monoisotopic (exact) mass is 682 g/mol. The quantitative estimate of drug-likeness (QED) is 0.140. The SMILES string of the molecule is C/C(=C\c1ccc2c(c1)N(S(=O)(=O)c1cccc(C(F)(F)F)c1)C[C@H](CCn1cc(S(C)(C)C)nn1)O2)c1c(F)cccc1Cl. The van der Waals surface area contributed by atoms with Gasteiger partial charge in [0.15, 0.2) is 0 Å². The zero-order chi connectivity index (χ0) is 32.7. The average Bonchev–Trinajstić information content (AvgIpc) is 3.45. The number of allylic oxidation sites excluding steroid dienone is 1. The van der Waals surface area contributed by atoms with Gasteiger partial charge in [0.1, 0.15) is 22.7 Å². The molecule has 0 fully saturated rings. The van der Waals surface area contributed by atoms with Crippen molar-refractivity contribution in [1.82, 2.24) is 15.0 Å². The molecule has 7 nitrogen and oxygen atoms in total. The number of rotatable bonds is 8. The highest BCUT2D eigenvalue weighted by molar-refractivity contribution is 8.32. The Morgan fingerprint density at radius 1 is 1.09 bits per heavy atom. The van der Waals surface area contributed by atoms with Crippen molar-refractivity contribution in [2.45, 2.75) is 42.1 Å². The summed E-state index contributed by atoms with van der Waals surface area (Å²) in [5.74, 6) is -0.281.